The Kier molecular flexibility index (Phi) is 3.59. The molecule has 108 valence electrons. The molecule has 0 atom stereocenters. The van der Waals surface area contributed by atoms with Gasteiger partial charge >= 0.3 is 0 Å². The molecule has 0 saturated heterocycles. The van der Waals surface area contributed by atoms with Crippen LogP contribution in [0.1, 0.15) is 15.2 Å². The van der Waals surface area contributed by atoms with Crippen LogP contribution in [0.3, 0.4) is 0 Å². The van der Waals surface area contributed by atoms with Gasteiger partial charge in [-0.3, -0.25) is 15.0 Å². The van der Waals surface area contributed by atoms with Crippen LogP contribution in [0.25, 0.3) is 0 Å². The number of carbonyl (C=O) groups excluding carboxylic acids is 2. The summed E-state index contributed by atoms with van der Waals surface area (Å²) in [6.07, 6.45) is 0. The zero-order valence-corrected chi connectivity index (χ0v) is 11.9. The van der Waals surface area contributed by atoms with Gasteiger partial charge in [0, 0.05) is 0 Å². The van der Waals surface area contributed by atoms with Crippen molar-refractivity contribution < 1.29 is 14.3 Å². The molecule has 0 radical (unpaired) electrons. The quantitative estimate of drug-likeness (QED) is 0.508. The lowest BCUT2D eigenvalue weighted by Gasteiger charge is -2.29. The highest BCUT2D eigenvalue weighted by Gasteiger charge is 2.26. The van der Waals surface area contributed by atoms with E-state index in [1.807, 2.05) is 30.3 Å². The average molecular weight is 303 g/mol. The second kappa shape index (κ2) is 5.55. The van der Waals surface area contributed by atoms with Gasteiger partial charge in [-0.05, 0) is 29.1 Å². The van der Waals surface area contributed by atoms with Gasteiger partial charge in [0.15, 0.2) is 6.61 Å². The molecule has 1 aliphatic heterocycles. The lowest BCUT2D eigenvalue weighted by molar-refractivity contribution is -0.121. The maximum atomic E-state index is 12.1. The van der Waals surface area contributed by atoms with Crippen LogP contribution < -0.4 is 20.9 Å². The van der Waals surface area contributed by atoms with Gasteiger partial charge in [-0.15, -0.1) is 11.3 Å². The van der Waals surface area contributed by atoms with Crippen LogP contribution in [0.5, 0.6) is 5.75 Å². The molecule has 2 amide bonds. The number of hydrogen-bond donors (Lipinski definition) is 2. The summed E-state index contributed by atoms with van der Waals surface area (Å²) < 4.78 is 5.40. The number of nitrogen functional groups attached to an aromatic ring is 1. The van der Waals surface area contributed by atoms with Gasteiger partial charge in [-0.1, -0.05) is 12.1 Å². The molecule has 1 aromatic heterocycles. The number of nitrogens with one attached hydrogen (secondary N) is 1. The smallest absolute Gasteiger partial charge is 0.275 e. The zero-order valence-electron chi connectivity index (χ0n) is 11.0. The van der Waals surface area contributed by atoms with Crippen LogP contribution >= 0.6 is 11.3 Å². The number of benzene rings is 1. The molecule has 6 nitrogen and oxygen atoms in total. The van der Waals surface area contributed by atoms with Crippen molar-refractivity contribution in [3.63, 3.8) is 0 Å². The first-order chi connectivity index (χ1) is 10.2. The number of thiophene rings is 1. The summed E-state index contributed by atoms with van der Waals surface area (Å²) in [6.45, 7) is 0.311. The van der Waals surface area contributed by atoms with E-state index in [-0.39, 0.29) is 18.4 Å². The SMILES string of the molecule is NNC(=O)c1sccc1CN1C(=O)COc2ccccc21. The lowest BCUT2D eigenvalue weighted by Crippen LogP contribution is -2.38. The Morgan fingerprint density at radius 1 is 1.38 bits per heavy atom. The Hall–Kier alpha value is -2.38. The zero-order chi connectivity index (χ0) is 14.8. The Morgan fingerprint density at radius 3 is 3.00 bits per heavy atom. The maximum absolute atomic E-state index is 12.1. The number of rotatable bonds is 3. The number of fused-ring (bicyclic) bond motifs is 1. The molecular weight excluding hydrogens is 290 g/mol. The number of hydrogen-bond acceptors (Lipinski definition) is 5. The van der Waals surface area contributed by atoms with Crippen LogP contribution in [0.15, 0.2) is 35.7 Å². The number of anilines is 1. The van der Waals surface area contributed by atoms with Gasteiger partial charge in [0.1, 0.15) is 5.75 Å². The summed E-state index contributed by atoms with van der Waals surface area (Å²) >= 11 is 1.29. The molecule has 21 heavy (non-hydrogen) atoms. The fourth-order valence-corrected chi connectivity index (χ4v) is 3.04. The molecule has 7 heteroatoms. The lowest BCUT2D eigenvalue weighted by atomic mass is 10.2. The Bertz CT molecular complexity index is 698. The second-order valence-corrected chi connectivity index (χ2v) is 5.40. The van der Waals surface area contributed by atoms with Gasteiger partial charge < -0.3 is 9.64 Å². The van der Waals surface area contributed by atoms with E-state index in [4.69, 9.17) is 10.6 Å². The summed E-state index contributed by atoms with van der Waals surface area (Å²) in [5.41, 5.74) is 3.58. The van der Waals surface area contributed by atoms with Crippen LogP contribution in [-0.4, -0.2) is 18.4 Å². The van der Waals surface area contributed by atoms with Crippen LogP contribution in [0, 0.1) is 0 Å². The minimum atomic E-state index is -0.353. The van der Waals surface area contributed by atoms with Gasteiger partial charge in [-0.2, -0.15) is 0 Å². The topological polar surface area (TPSA) is 84.7 Å². The number of nitrogens with two attached hydrogens (primary N) is 1. The van der Waals surface area contributed by atoms with Gasteiger partial charge in [0.25, 0.3) is 11.8 Å². The molecule has 0 fully saturated rings. The predicted octanol–water partition coefficient (Wildman–Crippen LogP) is 1.28. The second-order valence-electron chi connectivity index (χ2n) is 4.48. The number of amides is 2. The van der Waals surface area contributed by atoms with E-state index in [0.29, 0.717) is 22.9 Å². The monoisotopic (exact) mass is 303 g/mol. The molecule has 0 bridgehead atoms. The van der Waals surface area contributed by atoms with Crippen LogP contribution in [0.2, 0.25) is 0 Å². The molecule has 2 heterocycles. The number of para-hydroxylation sites is 2. The highest BCUT2D eigenvalue weighted by Crippen LogP contribution is 2.33. The van der Waals surface area contributed by atoms with Gasteiger partial charge in [0.05, 0.1) is 17.1 Å². The van der Waals surface area contributed by atoms with Crippen LogP contribution in [0.4, 0.5) is 5.69 Å². The normalized spacial score (nSPS) is 13.6. The Morgan fingerprint density at radius 2 is 2.19 bits per heavy atom. The molecule has 3 N–H and O–H groups in total. The minimum absolute atomic E-state index is 0.000427. The number of nitrogens with zero attached hydrogens (tertiary/aromatic N) is 1. The van der Waals surface area contributed by atoms with Crippen molar-refractivity contribution in [1.29, 1.82) is 0 Å². The predicted molar refractivity (Wildman–Crippen MR) is 79.1 cm³/mol. The van der Waals surface area contributed by atoms with Gasteiger partial charge in [-0.25, -0.2) is 5.84 Å². The molecular formula is C14H13N3O3S. The first-order valence-electron chi connectivity index (χ1n) is 6.30. The third kappa shape index (κ3) is 2.48. The van der Waals surface area contributed by atoms with Crippen molar-refractivity contribution in [2.45, 2.75) is 6.54 Å². The van der Waals surface area contributed by atoms with Crippen molar-refractivity contribution in [3.8, 4) is 5.75 Å². The van der Waals surface area contributed by atoms with Crippen molar-refractivity contribution in [2.24, 2.45) is 5.84 Å². The first-order valence-corrected chi connectivity index (χ1v) is 7.18. The summed E-state index contributed by atoms with van der Waals surface area (Å²) in [4.78, 5) is 26.0. The molecule has 0 aliphatic carbocycles. The Balaban J connectivity index is 1.93. The fraction of sp³-hybridized carbons (Fsp3) is 0.143. The fourth-order valence-electron chi connectivity index (χ4n) is 2.22. The third-order valence-electron chi connectivity index (χ3n) is 3.22. The van der Waals surface area contributed by atoms with E-state index >= 15 is 0 Å². The first kappa shape index (κ1) is 13.6. The Labute approximate surface area is 125 Å². The van der Waals surface area contributed by atoms with Crippen molar-refractivity contribution in [3.05, 3.63) is 46.2 Å². The van der Waals surface area contributed by atoms with E-state index in [0.717, 1.165) is 5.56 Å². The van der Waals surface area contributed by atoms with Crippen molar-refractivity contribution >= 4 is 28.8 Å². The highest BCUT2D eigenvalue weighted by molar-refractivity contribution is 7.12. The highest BCUT2D eigenvalue weighted by atomic mass is 32.1. The summed E-state index contributed by atoms with van der Waals surface area (Å²) in [7, 11) is 0. The summed E-state index contributed by atoms with van der Waals surface area (Å²) in [6, 6.07) is 9.15. The summed E-state index contributed by atoms with van der Waals surface area (Å²) in [5, 5.41) is 1.80. The maximum Gasteiger partial charge on any atom is 0.275 e. The van der Waals surface area contributed by atoms with E-state index in [1.54, 1.807) is 10.3 Å². The van der Waals surface area contributed by atoms with Crippen molar-refractivity contribution in [1.82, 2.24) is 5.43 Å². The summed E-state index contributed by atoms with van der Waals surface area (Å²) in [5.74, 6) is 5.35. The molecule has 2 aromatic rings. The standard InChI is InChI=1S/C14H13N3O3S/c15-16-14(19)13-9(5-6-21-13)7-17-10-3-1-2-4-11(10)20-8-12(17)18/h1-6H,7-8,15H2,(H,16,19). The molecule has 0 saturated carbocycles. The molecule has 0 spiro atoms. The minimum Gasteiger partial charge on any atom is -0.482 e. The molecule has 0 unspecified atom stereocenters. The van der Waals surface area contributed by atoms with Crippen LogP contribution in [-0.2, 0) is 11.3 Å². The average Bonchev–Trinajstić information content (AvgIpc) is 2.97. The third-order valence-corrected chi connectivity index (χ3v) is 4.18. The van der Waals surface area contributed by atoms with Crippen molar-refractivity contribution in [2.75, 3.05) is 11.5 Å². The number of carbonyl (C=O) groups is 2. The number of ether oxygens (including phenoxy) is 1. The number of hydrazine groups is 1. The van der Waals surface area contributed by atoms with E-state index in [2.05, 4.69) is 5.43 Å². The van der Waals surface area contributed by atoms with E-state index in [9.17, 15) is 9.59 Å². The van der Waals surface area contributed by atoms with E-state index in [1.165, 1.54) is 11.3 Å². The molecule has 3 rings (SSSR count). The molecule has 1 aromatic carbocycles. The largest absolute Gasteiger partial charge is 0.482 e. The molecule has 1 aliphatic rings. The van der Waals surface area contributed by atoms with Gasteiger partial charge in [0.2, 0.25) is 0 Å². The van der Waals surface area contributed by atoms with E-state index < -0.39 is 0 Å².